The Morgan fingerprint density at radius 1 is 1.29 bits per heavy atom. The Hall–Kier alpha value is -0.770. The van der Waals surface area contributed by atoms with Gasteiger partial charge in [0.15, 0.2) is 0 Å². The third kappa shape index (κ3) is 5.80. The first-order valence-electron chi connectivity index (χ1n) is 4.85. The lowest BCUT2D eigenvalue weighted by atomic mass is 9.75. The van der Waals surface area contributed by atoms with Gasteiger partial charge in [-0.15, -0.1) is 0 Å². The van der Waals surface area contributed by atoms with Crippen LogP contribution >= 0.6 is 0 Å². The van der Waals surface area contributed by atoms with Crippen LogP contribution in [0, 0.1) is 10.8 Å². The molecule has 0 fully saturated rings. The minimum atomic E-state index is -0.969. The van der Waals surface area contributed by atoms with E-state index in [0.717, 1.165) is 6.42 Å². The lowest BCUT2D eigenvalue weighted by molar-refractivity contribution is 0.170. The zero-order valence-electron chi connectivity index (χ0n) is 9.55. The number of rotatable bonds is 5. The highest BCUT2D eigenvalue weighted by Crippen LogP contribution is 2.32. The number of hydrogen-bond acceptors (Lipinski definition) is 2. The van der Waals surface area contributed by atoms with Crippen molar-refractivity contribution in [3.05, 3.63) is 0 Å². The molecule has 0 atom stereocenters. The van der Waals surface area contributed by atoms with Gasteiger partial charge < -0.3 is 16.2 Å². The van der Waals surface area contributed by atoms with E-state index in [2.05, 4.69) is 19.2 Å². The Labute approximate surface area is 85.9 Å². The molecule has 1 amide bonds. The first-order valence-corrected chi connectivity index (χ1v) is 4.85. The van der Waals surface area contributed by atoms with Crippen LogP contribution in [0.1, 0.15) is 34.1 Å². The van der Waals surface area contributed by atoms with Crippen molar-refractivity contribution >= 4 is 6.09 Å². The maximum Gasteiger partial charge on any atom is 0.404 e. The lowest BCUT2D eigenvalue weighted by Crippen LogP contribution is -2.38. The van der Waals surface area contributed by atoms with Crippen molar-refractivity contribution in [3.8, 4) is 0 Å². The van der Waals surface area contributed by atoms with Gasteiger partial charge in [-0.05, 0) is 23.8 Å². The summed E-state index contributed by atoms with van der Waals surface area (Å²) in [5, 5.41) is 10.9. The van der Waals surface area contributed by atoms with Crippen LogP contribution in [0.15, 0.2) is 0 Å². The summed E-state index contributed by atoms with van der Waals surface area (Å²) < 4.78 is 0. The van der Waals surface area contributed by atoms with E-state index >= 15 is 0 Å². The van der Waals surface area contributed by atoms with E-state index in [4.69, 9.17) is 10.8 Å². The quantitative estimate of drug-likeness (QED) is 0.634. The molecule has 0 rings (SSSR count). The number of nitrogens with one attached hydrogen (secondary N) is 1. The van der Waals surface area contributed by atoms with Gasteiger partial charge in [0.1, 0.15) is 0 Å². The lowest BCUT2D eigenvalue weighted by Gasteiger charge is -2.33. The molecular formula is C10H22N2O2. The number of nitrogens with two attached hydrogens (primary N) is 1. The first-order chi connectivity index (χ1) is 6.18. The van der Waals surface area contributed by atoms with Gasteiger partial charge in [-0.25, -0.2) is 4.79 Å². The topological polar surface area (TPSA) is 75.3 Å². The van der Waals surface area contributed by atoms with Crippen LogP contribution in [-0.2, 0) is 0 Å². The molecule has 0 unspecified atom stereocenters. The van der Waals surface area contributed by atoms with Crippen LogP contribution in [0.4, 0.5) is 4.79 Å². The average molecular weight is 202 g/mol. The number of amides is 1. The van der Waals surface area contributed by atoms with Gasteiger partial charge in [0.25, 0.3) is 0 Å². The van der Waals surface area contributed by atoms with Gasteiger partial charge in [0.2, 0.25) is 0 Å². The molecule has 0 aliphatic rings. The molecule has 4 heteroatoms. The summed E-state index contributed by atoms with van der Waals surface area (Å²) in [5.41, 5.74) is 5.64. The van der Waals surface area contributed by atoms with Crippen molar-refractivity contribution in [1.29, 1.82) is 0 Å². The maximum atomic E-state index is 10.3. The SMILES string of the molecule is CC(C)(CN)CC(C)(C)CNC(=O)O. The molecule has 0 spiro atoms. The predicted molar refractivity (Wildman–Crippen MR) is 57.3 cm³/mol. The van der Waals surface area contributed by atoms with E-state index in [-0.39, 0.29) is 10.8 Å². The van der Waals surface area contributed by atoms with Crippen LogP contribution in [-0.4, -0.2) is 24.3 Å². The van der Waals surface area contributed by atoms with Gasteiger partial charge in [-0.2, -0.15) is 0 Å². The summed E-state index contributed by atoms with van der Waals surface area (Å²) in [7, 11) is 0. The van der Waals surface area contributed by atoms with Crippen molar-refractivity contribution in [2.75, 3.05) is 13.1 Å². The van der Waals surface area contributed by atoms with Gasteiger partial charge in [-0.1, -0.05) is 27.7 Å². The summed E-state index contributed by atoms with van der Waals surface area (Å²) in [6.07, 6.45) is -0.0693. The molecule has 4 nitrogen and oxygen atoms in total. The van der Waals surface area contributed by atoms with Crippen LogP contribution in [0.5, 0.6) is 0 Å². The molecule has 14 heavy (non-hydrogen) atoms. The Morgan fingerprint density at radius 2 is 1.79 bits per heavy atom. The molecule has 0 aliphatic carbocycles. The van der Waals surface area contributed by atoms with Crippen LogP contribution in [0.2, 0.25) is 0 Å². The first kappa shape index (κ1) is 13.2. The Kier molecular flexibility index (Phi) is 4.39. The highest BCUT2D eigenvalue weighted by atomic mass is 16.4. The molecule has 4 N–H and O–H groups in total. The molecule has 0 aliphatic heterocycles. The largest absolute Gasteiger partial charge is 0.465 e. The molecule has 0 aromatic carbocycles. The molecule has 0 radical (unpaired) electrons. The predicted octanol–water partition coefficient (Wildman–Crippen LogP) is 1.66. The third-order valence-electron chi connectivity index (χ3n) is 2.23. The molecule has 0 bridgehead atoms. The van der Waals surface area contributed by atoms with E-state index in [0.29, 0.717) is 13.1 Å². The molecule has 0 aromatic rings. The highest BCUT2D eigenvalue weighted by molar-refractivity contribution is 5.64. The minimum Gasteiger partial charge on any atom is -0.465 e. The minimum absolute atomic E-state index is 0.0543. The Bertz CT molecular complexity index is 200. The van der Waals surface area contributed by atoms with Crippen LogP contribution in [0.25, 0.3) is 0 Å². The van der Waals surface area contributed by atoms with Crippen molar-refractivity contribution < 1.29 is 9.90 Å². The van der Waals surface area contributed by atoms with Crippen molar-refractivity contribution in [2.24, 2.45) is 16.6 Å². The van der Waals surface area contributed by atoms with Crippen LogP contribution < -0.4 is 11.1 Å². The average Bonchev–Trinajstić information content (AvgIpc) is 1.99. The van der Waals surface area contributed by atoms with E-state index in [9.17, 15) is 4.79 Å². The second kappa shape index (κ2) is 4.64. The molecule has 0 saturated carbocycles. The molecule has 0 aromatic heterocycles. The van der Waals surface area contributed by atoms with E-state index < -0.39 is 6.09 Å². The van der Waals surface area contributed by atoms with Crippen molar-refractivity contribution in [2.45, 2.75) is 34.1 Å². The number of carboxylic acid groups (broad SMARTS) is 1. The van der Waals surface area contributed by atoms with Gasteiger partial charge in [0.05, 0.1) is 0 Å². The van der Waals surface area contributed by atoms with E-state index in [1.807, 2.05) is 13.8 Å². The standard InChI is InChI=1S/C10H22N2O2/c1-9(2,6-11)5-10(3,4)7-12-8(13)14/h12H,5-7,11H2,1-4H3,(H,13,14). The normalized spacial score (nSPS) is 12.6. The zero-order chi connectivity index (χ0) is 11.4. The fourth-order valence-corrected chi connectivity index (χ4v) is 1.75. The van der Waals surface area contributed by atoms with Crippen molar-refractivity contribution in [1.82, 2.24) is 5.32 Å². The van der Waals surface area contributed by atoms with Gasteiger partial charge in [-0.3, -0.25) is 0 Å². The smallest absolute Gasteiger partial charge is 0.404 e. The van der Waals surface area contributed by atoms with Crippen molar-refractivity contribution in [3.63, 3.8) is 0 Å². The zero-order valence-corrected chi connectivity index (χ0v) is 9.55. The Morgan fingerprint density at radius 3 is 2.14 bits per heavy atom. The number of carbonyl (C=O) groups is 1. The second-order valence-electron chi connectivity index (χ2n) is 5.37. The summed E-state index contributed by atoms with van der Waals surface area (Å²) >= 11 is 0. The van der Waals surface area contributed by atoms with E-state index in [1.165, 1.54) is 0 Å². The van der Waals surface area contributed by atoms with Gasteiger partial charge >= 0.3 is 6.09 Å². The van der Waals surface area contributed by atoms with Crippen LogP contribution in [0.3, 0.4) is 0 Å². The molecule has 0 saturated heterocycles. The summed E-state index contributed by atoms with van der Waals surface area (Å²) in [5.74, 6) is 0. The summed E-state index contributed by atoms with van der Waals surface area (Å²) in [6.45, 7) is 9.35. The van der Waals surface area contributed by atoms with E-state index in [1.54, 1.807) is 0 Å². The fourth-order valence-electron chi connectivity index (χ4n) is 1.75. The third-order valence-corrected chi connectivity index (χ3v) is 2.23. The highest BCUT2D eigenvalue weighted by Gasteiger charge is 2.28. The summed E-state index contributed by atoms with van der Waals surface area (Å²) in [4.78, 5) is 10.3. The molecular weight excluding hydrogens is 180 g/mol. The second-order valence-corrected chi connectivity index (χ2v) is 5.37. The number of hydrogen-bond donors (Lipinski definition) is 3. The summed E-state index contributed by atoms with van der Waals surface area (Å²) in [6, 6.07) is 0. The maximum absolute atomic E-state index is 10.3. The van der Waals surface area contributed by atoms with Gasteiger partial charge in [0, 0.05) is 6.54 Å². The monoisotopic (exact) mass is 202 g/mol. The fraction of sp³-hybridized carbons (Fsp3) is 0.900. The molecule has 0 heterocycles. The molecule has 84 valence electrons. The Balaban J connectivity index is 4.12.